The average Bonchev–Trinajstić information content (AvgIpc) is 2.71. The van der Waals surface area contributed by atoms with Crippen molar-refractivity contribution in [2.75, 3.05) is 13.1 Å². The van der Waals surface area contributed by atoms with Crippen molar-refractivity contribution in [1.82, 2.24) is 10.2 Å². The number of rotatable bonds is 1. The molecule has 1 aromatic carbocycles. The normalized spacial score (nSPS) is 30.5. The molecule has 2 aliphatic rings. The molecule has 17 heavy (non-hydrogen) atoms. The van der Waals surface area contributed by atoms with Crippen molar-refractivity contribution >= 4 is 0 Å². The van der Waals surface area contributed by atoms with Crippen LogP contribution in [0.2, 0.25) is 0 Å². The Hall–Kier alpha value is -0.860. The van der Waals surface area contributed by atoms with E-state index in [1.807, 2.05) is 0 Å². The van der Waals surface area contributed by atoms with E-state index < -0.39 is 0 Å². The summed E-state index contributed by atoms with van der Waals surface area (Å²) in [5.41, 5.74) is 3.13. The Bertz CT molecular complexity index is 367. The van der Waals surface area contributed by atoms with Crippen molar-refractivity contribution in [3.8, 4) is 0 Å². The highest BCUT2D eigenvalue weighted by atomic mass is 15.2. The highest BCUT2D eigenvalue weighted by Gasteiger charge is 2.30. The summed E-state index contributed by atoms with van der Waals surface area (Å²) in [6, 6.07) is 10.9. The Morgan fingerprint density at radius 1 is 1.00 bits per heavy atom. The Kier molecular flexibility index (Phi) is 2.93. The van der Waals surface area contributed by atoms with Crippen LogP contribution in [0.1, 0.15) is 25.0 Å². The van der Waals surface area contributed by atoms with E-state index in [9.17, 15) is 0 Å². The smallest absolute Gasteiger partial charge is 0.0178 e. The second kappa shape index (κ2) is 4.43. The maximum atomic E-state index is 3.61. The van der Waals surface area contributed by atoms with Gasteiger partial charge >= 0.3 is 0 Å². The lowest BCUT2D eigenvalue weighted by molar-refractivity contribution is 0.126. The van der Waals surface area contributed by atoms with Gasteiger partial charge in [0, 0.05) is 31.2 Å². The number of fused-ring (bicyclic) bond motifs is 1. The molecule has 1 aromatic rings. The molecule has 1 aliphatic heterocycles. The van der Waals surface area contributed by atoms with Crippen molar-refractivity contribution < 1.29 is 0 Å². The first kappa shape index (κ1) is 11.2. The number of nitrogens with one attached hydrogen (secondary N) is 1. The Labute approximate surface area is 104 Å². The van der Waals surface area contributed by atoms with Crippen LogP contribution >= 0.6 is 0 Å². The van der Waals surface area contributed by atoms with Gasteiger partial charge in [-0.2, -0.15) is 0 Å². The topological polar surface area (TPSA) is 15.3 Å². The first-order valence-electron chi connectivity index (χ1n) is 6.79. The lowest BCUT2D eigenvalue weighted by Gasteiger charge is -2.39. The van der Waals surface area contributed by atoms with Crippen LogP contribution < -0.4 is 5.32 Å². The first-order valence-corrected chi connectivity index (χ1v) is 6.79. The van der Waals surface area contributed by atoms with Gasteiger partial charge in [0.1, 0.15) is 0 Å². The molecule has 2 heteroatoms. The van der Waals surface area contributed by atoms with E-state index in [1.54, 1.807) is 11.1 Å². The molecular formula is C15H22N2. The molecule has 1 aliphatic carbocycles. The molecule has 0 amide bonds. The van der Waals surface area contributed by atoms with Crippen molar-refractivity contribution in [1.29, 1.82) is 0 Å². The zero-order valence-corrected chi connectivity index (χ0v) is 10.8. The Morgan fingerprint density at radius 2 is 1.53 bits per heavy atom. The summed E-state index contributed by atoms with van der Waals surface area (Å²) in [7, 11) is 0. The molecule has 1 fully saturated rings. The van der Waals surface area contributed by atoms with Gasteiger partial charge in [-0.3, -0.25) is 4.90 Å². The second-order valence-corrected chi connectivity index (χ2v) is 5.75. The monoisotopic (exact) mass is 230 g/mol. The van der Waals surface area contributed by atoms with E-state index in [1.165, 1.54) is 25.9 Å². The number of hydrogen-bond donors (Lipinski definition) is 1. The maximum Gasteiger partial charge on any atom is 0.0178 e. The number of hydrogen-bond acceptors (Lipinski definition) is 2. The minimum atomic E-state index is 0.627. The van der Waals surface area contributed by atoms with Crippen LogP contribution in [-0.2, 0) is 12.8 Å². The van der Waals surface area contributed by atoms with Crippen molar-refractivity contribution in [2.45, 2.75) is 44.8 Å². The SMILES string of the molecule is CC1CN(C2Cc3ccccc3C2)CC(C)N1. The third-order valence-electron chi connectivity index (χ3n) is 4.13. The predicted octanol–water partition coefficient (Wildman–Crippen LogP) is 1.84. The van der Waals surface area contributed by atoms with E-state index in [-0.39, 0.29) is 0 Å². The molecule has 0 radical (unpaired) electrons. The third kappa shape index (κ3) is 2.24. The number of piperazine rings is 1. The summed E-state index contributed by atoms with van der Waals surface area (Å²) in [6.45, 7) is 6.99. The fourth-order valence-corrected chi connectivity index (χ4v) is 3.46. The summed E-state index contributed by atoms with van der Waals surface area (Å²) >= 11 is 0. The van der Waals surface area contributed by atoms with Gasteiger partial charge in [-0.05, 0) is 37.8 Å². The van der Waals surface area contributed by atoms with E-state index in [0.717, 1.165) is 6.04 Å². The fraction of sp³-hybridized carbons (Fsp3) is 0.600. The van der Waals surface area contributed by atoms with Gasteiger partial charge in [-0.25, -0.2) is 0 Å². The zero-order valence-electron chi connectivity index (χ0n) is 10.8. The van der Waals surface area contributed by atoms with E-state index in [0.29, 0.717) is 12.1 Å². The molecule has 1 heterocycles. The quantitative estimate of drug-likeness (QED) is 0.792. The van der Waals surface area contributed by atoms with Gasteiger partial charge in [-0.1, -0.05) is 24.3 Å². The van der Waals surface area contributed by atoms with Crippen LogP contribution in [0.3, 0.4) is 0 Å². The molecule has 1 N–H and O–H groups in total. The molecule has 0 aromatic heterocycles. The summed E-state index contributed by atoms with van der Waals surface area (Å²) in [4.78, 5) is 2.69. The molecule has 0 saturated carbocycles. The lowest BCUT2D eigenvalue weighted by Crippen LogP contribution is -2.57. The minimum Gasteiger partial charge on any atom is -0.309 e. The van der Waals surface area contributed by atoms with Crippen LogP contribution in [0.15, 0.2) is 24.3 Å². The maximum absolute atomic E-state index is 3.61. The molecule has 2 atom stereocenters. The summed E-state index contributed by atoms with van der Waals surface area (Å²) in [5.74, 6) is 0. The van der Waals surface area contributed by atoms with Gasteiger partial charge < -0.3 is 5.32 Å². The molecule has 2 nitrogen and oxygen atoms in total. The van der Waals surface area contributed by atoms with Gasteiger partial charge in [-0.15, -0.1) is 0 Å². The number of benzene rings is 1. The van der Waals surface area contributed by atoms with Gasteiger partial charge in [0.15, 0.2) is 0 Å². The fourth-order valence-electron chi connectivity index (χ4n) is 3.46. The van der Waals surface area contributed by atoms with Crippen LogP contribution in [0.25, 0.3) is 0 Å². The van der Waals surface area contributed by atoms with Crippen LogP contribution in [-0.4, -0.2) is 36.1 Å². The molecular weight excluding hydrogens is 208 g/mol. The van der Waals surface area contributed by atoms with Crippen molar-refractivity contribution in [3.63, 3.8) is 0 Å². The summed E-state index contributed by atoms with van der Waals surface area (Å²) in [5, 5.41) is 3.61. The lowest BCUT2D eigenvalue weighted by atomic mass is 10.1. The second-order valence-electron chi connectivity index (χ2n) is 5.75. The molecule has 0 bridgehead atoms. The Balaban J connectivity index is 1.72. The van der Waals surface area contributed by atoms with Crippen LogP contribution in [0, 0.1) is 0 Å². The number of nitrogens with zero attached hydrogens (tertiary/aromatic N) is 1. The highest BCUT2D eigenvalue weighted by Crippen LogP contribution is 2.26. The van der Waals surface area contributed by atoms with E-state index in [4.69, 9.17) is 0 Å². The van der Waals surface area contributed by atoms with Gasteiger partial charge in [0.25, 0.3) is 0 Å². The first-order chi connectivity index (χ1) is 8.22. The zero-order chi connectivity index (χ0) is 11.8. The predicted molar refractivity (Wildman–Crippen MR) is 71.3 cm³/mol. The van der Waals surface area contributed by atoms with Crippen LogP contribution in [0.5, 0.6) is 0 Å². The average molecular weight is 230 g/mol. The van der Waals surface area contributed by atoms with E-state index >= 15 is 0 Å². The highest BCUT2D eigenvalue weighted by molar-refractivity contribution is 5.33. The van der Waals surface area contributed by atoms with Crippen molar-refractivity contribution in [2.24, 2.45) is 0 Å². The van der Waals surface area contributed by atoms with Crippen LogP contribution in [0.4, 0.5) is 0 Å². The van der Waals surface area contributed by atoms with E-state index in [2.05, 4.69) is 48.3 Å². The summed E-state index contributed by atoms with van der Waals surface area (Å²) in [6.07, 6.45) is 2.49. The summed E-state index contributed by atoms with van der Waals surface area (Å²) < 4.78 is 0. The Morgan fingerprint density at radius 3 is 2.06 bits per heavy atom. The molecule has 92 valence electrons. The molecule has 2 unspecified atom stereocenters. The van der Waals surface area contributed by atoms with Gasteiger partial charge in [0.2, 0.25) is 0 Å². The standard InChI is InChI=1S/C15H22N2/c1-11-9-17(10-12(2)16-11)15-7-13-5-3-4-6-14(13)8-15/h3-6,11-12,15-16H,7-10H2,1-2H3. The minimum absolute atomic E-state index is 0.627. The van der Waals surface area contributed by atoms with Crippen molar-refractivity contribution in [3.05, 3.63) is 35.4 Å². The molecule has 0 spiro atoms. The van der Waals surface area contributed by atoms with Gasteiger partial charge in [0.05, 0.1) is 0 Å². The largest absolute Gasteiger partial charge is 0.309 e. The molecule has 3 rings (SSSR count). The molecule has 1 saturated heterocycles. The third-order valence-corrected chi connectivity index (χ3v) is 4.13.